The molecule has 11 heteroatoms. The molecule has 0 radical (unpaired) electrons. The third kappa shape index (κ3) is 4.36. The molecule has 3 aromatic rings. The summed E-state index contributed by atoms with van der Waals surface area (Å²) < 4.78 is 40.2. The number of carbonyl (C=O) groups excluding carboxylic acids is 1. The highest BCUT2D eigenvalue weighted by atomic mass is 35.5. The molecular formula is C22H22ClF3N6O. The van der Waals surface area contributed by atoms with E-state index in [0.29, 0.717) is 49.6 Å². The second-order valence-electron chi connectivity index (χ2n) is 8.82. The minimum atomic E-state index is -2.53. The van der Waals surface area contributed by atoms with Crippen LogP contribution in [0.25, 0.3) is 11.2 Å². The van der Waals surface area contributed by atoms with Crippen molar-refractivity contribution in [2.45, 2.75) is 38.8 Å². The molecule has 5 rings (SSSR count). The molecule has 2 aliphatic heterocycles. The van der Waals surface area contributed by atoms with Crippen LogP contribution >= 0.6 is 11.6 Å². The quantitative estimate of drug-likeness (QED) is 0.556. The molecule has 33 heavy (non-hydrogen) atoms. The SMILES string of the molecule is O=C1CC2(CCN(c3cnc4cnn(CC(F)F)c4n3)CC2)CN1Cc1ccc(F)c(Cl)c1. The zero-order valence-corrected chi connectivity index (χ0v) is 18.5. The molecule has 0 aliphatic carbocycles. The lowest BCUT2D eigenvalue weighted by atomic mass is 9.77. The topological polar surface area (TPSA) is 67.2 Å². The number of carbonyl (C=O) groups is 1. The Morgan fingerprint density at radius 1 is 1.18 bits per heavy atom. The summed E-state index contributed by atoms with van der Waals surface area (Å²) in [5, 5.41) is 4.01. The van der Waals surface area contributed by atoms with Gasteiger partial charge in [-0.1, -0.05) is 17.7 Å². The van der Waals surface area contributed by atoms with Crippen LogP contribution in [0.3, 0.4) is 0 Å². The summed E-state index contributed by atoms with van der Waals surface area (Å²) in [6, 6.07) is 4.53. The number of hydrogen-bond donors (Lipinski definition) is 0. The highest BCUT2D eigenvalue weighted by Gasteiger charge is 2.45. The average molecular weight is 479 g/mol. The predicted octanol–water partition coefficient (Wildman–Crippen LogP) is 3.90. The molecule has 2 fully saturated rings. The van der Waals surface area contributed by atoms with E-state index in [1.807, 2.05) is 4.90 Å². The molecular weight excluding hydrogens is 457 g/mol. The third-order valence-corrected chi connectivity index (χ3v) is 6.84. The van der Waals surface area contributed by atoms with Gasteiger partial charge in [-0.05, 0) is 30.5 Å². The first kappa shape index (κ1) is 21.9. The van der Waals surface area contributed by atoms with Gasteiger partial charge in [-0.3, -0.25) is 4.79 Å². The molecule has 2 aliphatic rings. The molecule has 0 N–H and O–H groups in total. The van der Waals surface area contributed by atoms with Gasteiger partial charge in [0.2, 0.25) is 5.91 Å². The van der Waals surface area contributed by atoms with Crippen molar-refractivity contribution in [1.29, 1.82) is 0 Å². The second kappa shape index (κ2) is 8.48. The van der Waals surface area contributed by atoms with Crippen LogP contribution < -0.4 is 4.90 Å². The molecule has 2 saturated heterocycles. The Labute approximate surface area is 193 Å². The maximum Gasteiger partial charge on any atom is 0.258 e. The van der Waals surface area contributed by atoms with Gasteiger partial charge in [-0.25, -0.2) is 27.8 Å². The minimum Gasteiger partial charge on any atom is -0.355 e. The van der Waals surface area contributed by atoms with E-state index in [4.69, 9.17) is 11.6 Å². The summed E-state index contributed by atoms with van der Waals surface area (Å²) in [4.78, 5) is 25.5. The van der Waals surface area contributed by atoms with Crippen molar-refractivity contribution in [3.05, 3.63) is 47.0 Å². The first-order valence-corrected chi connectivity index (χ1v) is 11.1. The van der Waals surface area contributed by atoms with E-state index in [1.165, 1.54) is 16.9 Å². The lowest BCUT2D eigenvalue weighted by Crippen LogP contribution is -2.42. The molecule has 1 spiro atoms. The number of hydrogen-bond acceptors (Lipinski definition) is 5. The minimum absolute atomic E-state index is 0.0511. The molecule has 174 valence electrons. The number of alkyl halides is 2. The summed E-state index contributed by atoms with van der Waals surface area (Å²) in [7, 11) is 0. The Bertz CT molecular complexity index is 1190. The molecule has 4 heterocycles. The zero-order valence-electron chi connectivity index (χ0n) is 17.7. The number of fused-ring (bicyclic) bond motifs is 1. The largest absolute Gasteiger partial charge is 0.355 e. The van der Waals surface area contributed by atoms with E-state index in [0.717, 1.165) is 18.4 Å². The van der Waals surface area contributed by atoms with Gasteiger partial charge in [-0.2, -0.15) is 5.10 Å². The Morgan fingerprint density at radius 3 is 2.70 bits per heavy atom. The van der Waals surface area contributed by atoms with Crippen LogP contribution in [0.2, 0.25) is 5.02 Å². The van der Waals surface area contributed by atoms with Gasteiger partial charge in [0.25, 0.3) is 6.43 Å². The number of benzene rings is 1. The maximum absolute atomic E-state index is 13.4. The number of halogens is 4. The van der Waals surface area contributed by atoms with Crippen LogP contribution in [0.1, 0.15) is 24.8 Å². The van der Waals surface area contributed by atoms with Crippen LogP contribution in [0.4, 0.5) is 19.0 Å². The smallest absolute Gasteiger partial charge is 0.258 e. The number of rotatable bonds is 5. The van der Waals surface area contributed by atoms with Crippen molar-refractivity contribution >= 4 is 34.5 Å². The molecule has 0 saturated carbocycles. The van der Waals surface area contributed by atoms with Crippen molar-refractivity contribution in [2.75, 3.05) is 24.5 Å². The van der Waals surface area contributed by atoms with Crippen LogP contribution in [0.5, 0.6) is 0 Å². The molecule has 1 amide bonds. The van der Waals surface area contributed by atoms with Crippen molar-refractivity contribution in [3.8, 4) is 0 Å². The molecule has 1 aromatic carbocycles. The maximum atomic E-state index is 13.4. The Kier molecular flexibility index (Phi) is 5.64. The van der Waals surface area contributed by atoms with Gasteiger partial charge < -0.3 is 9.80 Å². The fraction of sp³-hybridized carbons (Fsp3) is 0.455. The normalized spacial score (nSPS) is 18.3. The lowest BCUT2D eigenvalue weighted by molar-refractivity contribution is -0.128. The molecule has 0 bridgehead atoms. The molecule has 0 unspecified atom stereocenters. The van der Waals surface area contributed by atoms with Crippen LogP contribution in [0.15, 0.2) is 30.6 Å². The number of aromatic nitrogens is 4. The van der Waals surface area contributed by atoms with Crippen molar-refractivity contribution < 1.29 is 18.0 Å². The van der Waals surface area contributed by atoms with Crippen LogP contribution in [-0.4, -0.2) is 56.6 Å². The number of anilines is 1. The van der Waals surface area contributed by atoms with Gasteiger partial charge in [0.1, 0.15) is 23.7 Å². The number of likely N-dealkylation sites (tertiary alicyclic amines) is 1. The van der Waals surface area contributed by atoms with Crippen molar-refractivity contribution in [1.82, 2.24) is 24.6 Å². The van der Waals surface area contributed by atoms with E-state index < -0.39 is 18.8 Å². The summed E-state index contributed by atoms with van der Waals surface area (Å²) in [5.74, 6) is 0.229. The van der Waals surface area contributed by atoms with E-state index >= 15 is 0 Å². The summed E-state index contributed by atoms with van der Waals surface area (Å²) >= 11 is 5.88. The molecule has 7 nitrogen and oxygen atoms in total. The first-order chi connectivity index (χ1) is 15.8. The third-order valence-electron chi connectivity index (χ3n) is 6.55. The number of amides is 1. The summed E-state index contributed by atoms with van der Waals surface area (Å²) in [5.41, 5.74) is 1.50. The van der Waals surface area contributed by atoms with E-state index in [9.17, 15) is 18.0 Å². The van der Waals surface area contributed by atoms with Crippen LogP contribution in [0, 0.1) is 11.2 Å². The van der Waals surface area contributed by atoms with Gasteiger partial charge in [-0.15, -0.1) is 0 Å². The fourth-order valence-corrected chi connectivity index (χ4v) is 4.99. The Morgan fingerprint density at radius 2 is 1.97 bits per heavy atom. The van der Waals surface area contributed by atoms with Gasteiger partial charge in [0.15, 0.2) is 5.65 Å². The van der Waals surface area contributed by atoms with E-state index in [2.05, 4.69) is 20.0 Å². The van der Waals surface area contributed by atoms with Gasteiger partial charge in [0, 0.05) is 38.0 Å². The summed E-state index contributed by atoms with van der Waals surface area (Å²) in [6.45, 7) is 1.89. The Balaban J connectivity index is 1.26. The fourth-order valence-electron chi connectivity index (χ4n) is 4.79. The van der Waals surface area contributed by atoms with Crippen LogP contribution in [-0.2, 0) is 17.9 Å². The molecule has 2 aromatic heterocycles. The monoisotopic (exact) mass is 478 g/mol. The van der Waals surface area contributed by atoms with E-state index in [-0.39, 0.29) is 16.3 Å². The van der Waals surface area contributed by atoms with Crippen molar-refractivity contribution in [3.63, 3.8) is 0 Å². The second-order valence-corrected chi connectivity index (χ2v) is 9.22. The molecule has 0 atom stereocenters. The standard InChI is InChI=1S/C22H22ClF3N6O/c23-15-7-14(1-2-16(15)24)11-31-13-22(8-20(31)33)3-5-30(6-4-22)19-10-27-17-9-28-32(12-18(25)26)21(17)29-19/h1-2,7,9-10,18H,3-6,8,11-13H2. The number of nitrogens with zero attached hydrogens (tertiary/aromatic N) is 6. The summed E-state index contributed by atoms with van der Waals surface area (Å²) in [6.07, 6.45) is 2.63. The lowest BCUT2D eigenvalue weighted by Gasteiger charge is -2.39. The van der Waals surface area contributed by atoms with Gasteiger partial charge >= 0.3 is 0 Å². The highest BCUT2D eigenvalue weighted by molar-refractivity contribution is 6.30. The van der Waals surface area contributed by atoms with E-state index in [1.54, 1.807) is 18.3 Å². The average Bonchev–Trinajstić information content (AvgIpc) is 3.31. The highest BCUT2D eigenvalue weighted by Crippen LogP contribution is 2.42. The first-order valence-electron chi connectivity index (χ1n) is 10.8. The van der Waals surface area contributed by atoms with Gasteiger partial charge in [0.05, 0.1) is 17.4 Å². The Hall–Kier alpha value is -2.88. The number of piperidine rings is 1. The van der Waals surface area contributed by atoms with Crippen molar-refractivity contribution in [2.24, 2.45) is 5.41 Å². The predicted molar refractivity (Wildman–Crippen MR) is 117 cm³/mol. The zero-order chi connectivity index (χ0) is 23.2.